The summed E-state index contributed by atoms with van der Waals surface area (Å²) in [6, 6.07) is 14.7. The average molecular weight is 479 g/mol. The van der Waals surface area contributed by atoms with Crippen LogP contribution in [0.15, 0.2) is 48.5 Å². The smallest absolute Gasteiger partial charge is 0.242 e. The van der Waals surface area contributed by atoms with E-state index in [1.54, 1.807) is 17.9 Å². The molecule has 2 aromatic rings. The van der Waals surface area contributed by atoms with E-state index in [1.165, 1.54) is 11.8 Å². The van der Waals surface area contributed by atoms with Crippen LogP contribution in [-0.4, -0.2) is 34.6 Å². The second kappa shape index (κ2) is 11.8. The Bertz CT molecular complexity index is 885. The van der Waals surface area contributed by atoms with Crippen LogP contribution in [0.25, 0.3) is 0 Å². The summed E-state index contributed by atoms with van der Waals surface area (Å²) in [5.74, 6) is 0.808. The molecule has 0 unspecified atom stereocenters. The van der Waals surface area contributed by atoms with E-state index < -0.39 is 6.04 Å². The minimum absolute atomic E-state index is 0.0760. The first-order chi connectivity index (χ1) is 14.9. The van der Waals surface area contributed by atoms with Crippen LogP contribution < -0.4 is 5.32 Å². The Morgan fingerprint density at radius 3 is 2.45 bits per heavy atom. The SMILES string of the molecule is C[C@@H](C(=O)NC1CCCC1)N(Cc1ccccc1Cl)C(=O)CSCc1ccc(Cl)cc1. The van der Waals surface area contributed by atoms with Crippen molar-refractivity contribution in [3.8, 4) is 0 Å². The van der Waals surface area contributed by atoms with Crippen molar-refractivity contribution in [2.24, 2.45) is 0 Å². The quantitative estimate of drug-likeness (QED) is 0.502. The largest absolute Gasteiger partial charge is 0.352 e. The lowest BCUT2D eigenvalue weighted by Crippen LogP contribution is -2.50. The predicted octanol–water partition coefficient (Wildman–Crippen LogP) is 5.70. The van der Waals surface area contributed by atoms with E-state index in [0.717, 1.165) is 36.8 Å². The summed E-state index contributed by atoms with van der Waals surface area (Å²) in [5.41, 5.74) is 1.94. The fraction of sp³-hybridized carbons (Fsp3) is 0.417. The molecule has 1 saturated carbocycles. The number of carbonyl (C=O) groups excluding carboxylic acids is 2. The van der Waals surface area contributed by atoms with Gasteiger partial charge in [0, 0.05) is 28.4 Å². The number of rotatable bonds is 9. The van der Waals surface area contributed by atoms with Crippen LogP contribution in [0.2, 0.25) is 10.0 Å². The highest BCUT2D eigenvalue weighted by Gasteiger charge is 2.28. The van der Waals surface area contributed by atoms with Gasteiger partial charge in [-0.1, -0.05) is 66.4 Å². The zero-order valence-corrected chi connectivity index (χ0v) is 20.0. The first kappa shape index (κ1) is 24.0. The monoisotopic (exact) mass is 478 g/mol. The maximum absolute atomic E-state index is 13.1. The van der Waals surface area contributed by atoms with Crippen LogP contribution in [0.4, 0.5) is 0 Å². The van der Waals surface area contributed by atoms with Gasteiger partial charge >= 0.3 is 0 Å². The van der Waals surface area contributed by atoms with Gasteiger partial charge in [0.1, 0.15) is 6.04 Å². The molecular formula is C24H28Cl2N2O2S. The van der Waals surface area contributed by atoms with E-state index in [2.05, 4.69) is 5.32 Å². The van der Waals surface area contributed by atoms with Gasteiger partial charge in [-0.05, 0) is 49.1 Å². The minimum Gasteiger partial charge on any atom is -0.352 e. The van der Waals surface area contributed by atoms with Crippen molar-refractivity contribution < 1.29 is 9.59 Å². The summed E-state index contributed by atoms with van der Waals surface area (Å²) in [6.07, 6.45) is 4.30. The highest BCUT2D eigenvalue weighted by Crippen LogP contribution is 2.22. The number of benzene rings is 2. The van der Waals surface area contributed by atoms with Crippen molar-refractivity contribution in [1.29, 1.82) is 0 Å². The Morgan fingerprint density at radius 2 is 1.77 bits per heavy atom. The maximum atomic E-state index is 13.1. The van der Waals surface area contributed by atoms with Gasteiger partial charge in [-0.15, -0.1) is 11.8 Å². The van der Waals surface area contributed by atoms with Crippen LogP contribution in [0.1, 0.15) is 43.7 Å². The zero-order chi connectivity index (χ0) is 22.2. The molecule has 2 amide bonds. The molecule has 0 saturated heterocycles. The van der Waals surface area contributed by atoms with Gasteiger partial charge in [0.15, 0.2) is 0 Å². The lowest BCUT2D eigenvalue weighted by atomic mass is 10.1. The van der Waals surface area contributed by atoms with Crippen molar-refractivity contribution in [1.82, 2.24) is 10.2 Å². The fourth-order valence-corrected chi connectivity index (χ4v) is 4.90. The fourth-order valence-electron chi connectivity index (χ4n) is 3.70. The third-order valence-electron chi connectivity index (χ3n) is 5.57. The average Bonchev–Trinajstić information content (AvgIpc) is 3.27. The normalized spacial score (nSPS) is 14.9. The van der Waals surface area contributed by atoms with Crippen LogP contribution >= 0.6 is 35.0 Å². The molecule has 0 bridgehead atoms. The van der Waals surface area contributed by atoms with E-state index in [1.807, 2.05) is 42.5 Å². The number of halogens is 2. The first-order valence-electron chi connectivity index (χ1n) is 10.6. The predicted molar refractivity (Wildman–Crippen MR) is 129 cm³/mol. The third kappa shape index (κ3) is 7.16. The van der Waals surface area contributed by atoms with Gasteiger partial charge < -0.3 is 10.2 Å². The van der Waals surface area contributed by atoms with Gasteiger partial charge in [0.05, 0.1) is 5.75 Å². The molecule has 0 heterocycles. The maximum Gasteiger partial charge on any atom is 0.242 e. The Morgan fingerprint density at radius 1 is 1.10 bits per heavy atom. The number of amides is 2. The number of thioether (sulfide) groups is 1. The Labute approximate surface area is 198 Å². The number of hydrogen-bond donors (Lipinski definition) is 1. The summed E-state index contributed by atoms with van der Waals surface area (Å²) >= 11 is 13.8. The van der Waals surface area contributed by atoms with Crippen LogP contribution in [0, 0.1) is 0 Å². The number of hydrogen-bond acceptors (Lipinski definition) is 3. The summed E-state index contributed by atoms with van der Waals surface area (Å²) < 4.78 is 0. The molecule has 0 radical (unpaired) electrons. The van der Waals surface area contributed by atoms with Gasteiger partial charge in [0.2, 0.25) is 11.8 Å². The molecule has 2 aromatic carbocycles. The molecule has 166 valence electrons. The van der Waals surface area contributed by atoms with E-state index in [4.69, 9.17) is 23.2 Å². The van der Waals surface area contributed by atoms with E-state index in [-0.39, 0.29) is 23.6 Å². The van der Waals surface area contributed by atoms with Crippen LogP contribution in [-0.2, 0) is 21.9 Å². The lowest BCUT2D eigenvalue weighted by molar-refractivity contribution is -0.138. The second-order valence-electron chi connectivity index (χ2n) is 7.90. The number of nitrogens with one attached hydrogen (secondary N) is 1. The van der Waals surface area contributed by atoms with E-state index in [9.17, 15) is 9.59 Å². The molecule has 1 fully saturated rings. The topological polar surface area (TPSA) is 49.4 Å². The summed E-state index contributed by atoms with van der Waals surface area (Å²) in [7, 11) is 0. The highest BCUT2D eigenvalue weighted by atomic mass is 35.5. The minimum atomic E-state index is -0.569. The molecule has 0 aromatic heterocycles. The number of nitrogens with zero attached hydrogens (tertiary/aromatic N) is 1. The molecule has 0 spiro atoms. The van der Waals surface area contributed by atoms with Crippen molar-refractivity contribution in [3.63, 3.8) is 0 Å². The van der Waals surface area contributed by atoms with Crippen molar-refractivity contribution in [2.45, 2.75) is 57.0 Å². The van der Waals surface area contributed by atoms with Crippen molar-refractivity contribution >= 4 is 46.8 Å². The Hall–Kier alpha value is -1.69. The molecule has 1 N–H and O–H groups in total. The van der Waals surface area contributed by atoms with Gasteiger partial charge in [0.25, 0.3) is 0 Å². The molecule has 31 heavy (non-hydrogen) atoms. The molecule has 1 aliphatic carbocycles. The van der Waals surface area contributed by atoms with E-state index >= 15 is 0 Å². The molecular weight excluding hydrogens is 451 g/mol. The molecule has 4 nitrogen and oxygen atoms in total. The summed E-state index contributed by atoms with van der Waals surface area (Å²) in [6.45, 7) is 2.10. The summed E-state index contributed by atoms with van der Waals surface area (Å²) in [4.78, 5) is 27.7. The lowest BCUT2D eigenvalue weighted by Gasteiger charge is -2.30. The van der Waals surface area contributed by atoms with Crippen molar-refractivity contribution in [2.75, 3.05) is 5.75 Å². The van der Waals surface area contributed by atoms with Crippen molar-refractivity contribution in [3.05, 3.63) is 69.7 Å². The zero-order valence-electron chi connectivity index (χ0n) is 17.7. The Kier molecular flexibility index (Phi) is 9.12. The molecule has 1 atom stereocenters. The molecule has 0 aliphatic heterocycles. The van der Waals surface area contributed by atoms with Crippen LogP contribution in [0.5, 0.6) is 0 Å². The highest BCUT2D eigenvalue weighted by molar-refractivity contribution is 7.99. The first-order valence-corrected chi connectivity index (χ1v) is 12.5. The Balaban J connectivity index is 1.66. The molecule has 3 rings (SSSR count). The van der Waals surface area contributed by atoms with Crippen LogP contribution in [0.3, 0.4) is 0 Å². The van der Waals surface area contributed by atoms with Gasteiger partial charge in [-0.3, -0.25) is 9.59 Å². The molecule has 7 heteroatoms. The van der Waals surface area contributed by atoms with E-state index in [0.29, 0.717) is 22.3 Å². The van der Waals surface area contributed by atoms with Gasteiger partial charge in [-0.25, -0.2) is 0 Å². The standard InChI is InChI=1S/C24H28Cl2N2O2S/c1-17(24(30)27-21-7-3-4-8-21)28(14-19-6-2-5-9-22(19)26)23(29)16-31-15-18-10-12-20(25)13-11-18/h2,5-6,9-13,17,21H,3-4,7-8,14-16H2,1H3,(H,27,30)/t17-/m0/s1. The third-order valence-corrected chi connectivity index (χ3v) is 7.18. The molecule has 1 aliphatic rings. The number of carbonyl (C=O) groups is 2. The van der Waals surface area contributed by atoms with Gasteiger partial charge in [-0.2, -0.15) is 0 Å². The second-order valence-corrected chi connectivity index (χ2v) is 9.73. The summed E-state index contributed by atoms with van der Waals surface area (Å²) in [5, 5.41) is 4.40.